The largest absolute Gasteiger partial charge is 0.495 e. The molecule has 0 bridgehead atoms. The molecule has 0 unspecified atom stereocenters. The lowest BCUT2D eigenvalue weighted by Crippen LogP contribution is -2.37. The van der Waals surface area contributed by atoms with Gasteiger partial charge in [0.25, 0.3) is 0 Å². The van der Waals surface area contributed by atoms with Crippen molar-refractivity contribution in [3.05, 3.63) is 42.8 Å². The highest BCUT2D eigenvalue weighted by Crippen LogP contribution is 2.33. The number of benzene rings is 1. The Morgan fingerprint density at radius 3 is 2.73 bits per heavy atom. The predicted molar refractivity (Wildman–Crippen MR) is 102 cm³/mol. The van der Waals surface area contributed by atoms with Crippen LogP contribution in [0.25, 0.3) is 21.6 Å². The Bertz CT molecular complexity index is 941. The lowest BCUT2D eigenvalue weighted by Gasteiger charge is -2.31. The van der Waals surface area contributed by atoms with Crippen LogP contribution in [0.4, 0.5) is 5.13 Å². The highest BCUT2D eigenvalue weighted by Gasteiger charge is 2.26. The van der Waals surface area contributed by atoms with Gasteiger partial charge in [0.1, 0.15) is 4.70 Å². The zero-order chi connectivity index (χ0) is 18.1. The maximum absolute atomic E-state index is 12.5. The SMILES string of the molecule is C=C(O)N1CCC(C(=O)Nc2nc3n[nH]c(-c4ccccc4)c3s2)CC1. The number of anilines is 1. The predicted octanol–water partition coefficient (Wildman–Crippen LogP) is 3.37. The molecule has 1 fully saturated rings. The van der Waals surface area contributed by atoms with Crippen LogP contribution < -0.4 is 5.32 Å². The van der Waals surface area contributed by atoms with Gasteiger partial charge in [-0.25, -0.2) is 0 Å². The van der Waals surface area contributed by atoms with Gasteiger partial charge in [-0.05, 0) is 19.4 Å². The second kappa shape index (κ2) is 6.80. The molecule has 0 aliphatic carbocycles. The number of aromatic nitrogens is 3. The van der Waals surface area contributed by atoms with Crippen LogP contribution in [0.3, 0.4) is 0 Å². The summed E-state index contributed by atoms with van der Waals surface area (Å²) in [6, 6.07) is 9.92. The molecule has 8 heteroatoms. The molecule has 1 aliphatic rings. The van der Waals surface area contributed by atoms with E-state index in [0.717, 1.165) is 16.0 Å². The van der Waals surface area contributed by atoms with Gasteiger partial charge in [-0.1, -0.05) is 41.7 Å². The van der Waals surface area contributed by atoms with Crippen molar-refractivity contribution in [2.24, 2.45) is 5.92 Å². The van der Waals surface area contributed by atoms with Gasteiger partial charge in [0.2, 0.25) is 5.91 Å². The third-order valence-corrected chi connectivity index (χ3v) is 5.61. The molecule has 1 saturated heterocycles. The molecule has 134 valence electrons. The second-order valence-corrected chi connectivity index (χ2v) is 7.30. The molecule has 1 aliphatic heterocycles. The number of piperidine rings is 1. The number of amides is 1. The van der Waals surface area contributed by atoms with Gasteiger partial charge < -0.3 is 15.3 Å². The van der Waals surface area contributed by atoms with Crippen molar-refractivity contribution in [2.45, 2.75) is 12.8 Å². The lowest BCUT2D eigenvalue weighted by atomic mass is 9.96. The summed E-state index contributed by atoms with van der Waals surface area (Å²) in [4.78, 5) is 18.7. The molecule has 0 saturated carbocycles. The maximum atomic E-state index is 12.5. The summed E-state index contributed by atoms with van der Waals surface area (Å²) in [6.07, 6.45) is 1.37. The van der Waals surface area contributed by atoms with Crippen LogP contribution in [0.15, 0.2) is 42.8 Å². The molecule has 0 radical (unpaired) electrons. The number of hydrogen-bond donors (Lipinski definition) is 3. The number of nitrogens with one attached hydrogen (secondary N) is 2. The number of fused-ring (bicyclic) bond motifs is 1. The van der Waals surface area contributed by atoms with E-state index in [0.29, 0.717) is 36.7 Å². The molecule has 7 nitrogen and oxygen atoms in total. The molecule has 1 amide bonds. The van der Waals surface area contributed by atoms with E-state index in [2.05, 4.69) is 27.1 Å². The van der Waals surface area contributed by atoms with Crippen LogP contribution in [-0.4, -0.2) is 44.2 Å². The Morgan fingerprint density at radius 1 is 1.31 bits per heavy atom. The fourth-order valence-electron chi connectivity index (χ4n) is 3.17. The van der Waals surface area contributed by atoms with E-state index in [9.17, 15) is 9.90 Å². The molecule has 1 aromatic carbocycles. The first kappa shape index (κ1) is 16.6. The fraction of sp³-hybridized carbons (Fsp3) is 0.278. The maximum Gasteiger partial charge on any atom is 0.229 e. The first-order chi connectivity index (χ1) is 12.6. The van der Waals surface area contributed by atoms with Crippen LogP contribution in [0.2, 0.25) is 0 Å². The van der Waals surface area contributed by atoms with Gasteiger partial charge in [-0.2, -0.15) is 10.1 Å². The molecule has 0 atom stereocenters. The Kier molecular flexibility index (Phi) is 4.34. The van der Waals surface area contributed by atoms with Gasteiger partial charge in [0, 0.05) is 24.6 Å². The second-order valence-electron chi connectivity index (χ2n) is 6.30. The molecule has 2 aromatic heterocycles. The van der Waals surface area contributed by atoms with Gasteiger partial charge in [0.05, 0.1) is 5.69 Å². The minimum atomic E-state index is -0.0861. The zero-order valence-corrected chi connectivity index (χ0v) is 14.9. The van der Waals surface area contributed by atoms with E-state index < -0.39 is 0 Å². The minimum Gasteiger partial charge on any atom is -0.495 e. The molecule has 3 N–H and O–H groups in total. The summed E-state index contributed by atoms with van der Waals surface area (Å²) in [5.41, 5.74) is 2.55. The highest BCUT2D eigenvalue weighted by atomic mass is 32.1. The highest BCUT2D eigenvalue weighted by molar-refractivity contribution is 7.22. The summed E-state index contributed by atoms with van der Waals surface area (Å²) in [5.74, 6) is -0.0508. The molecular formula is C18H19N5O2S. The number of aliphatic hydroxyl groups excluding tert-OH is 1. The Morgan fingerprint density at radius 2 is 2.04 bits per heavy atom. The first-order valence-corrected chi connectivity index (χ1v) is 9.27. The monoisotopic (exact) mass is 369 g/mol. The van der Waals surface area contributed by atoms with Crippen molar-refractivity contribution in [1.29, 1.82) is 0 Å². The number of carbonyl (C=O) groups excluding carboxylic acids is 1. The van der Waals surface area contributed by atoms with Crippen molar-refractivity contribution in [1.82, 2.24) is 20.1 Å². The van der Waals surface area contributed by atoms with E-state index in [1.165, 1.54) is 11.3 Å². The Labute approximate surface area is 154 Å². The molecule has 3 aromatic rings. The van der Waals surface area contributed by atoms with E-state index in [1.807, 2.05) is 30.3 Å². The first-order valence-electron chi connectivity index (χ1n) is 8.46. The van der Waals surface area contributed by atoms with Crippen LogP contribution >= 0.6 is 11.3 Å². The number of carbonyl (C=O) groups is 1. The average Bonchev–Trinajstić information content (AvgIpc) is 3.22. The van der Waals surface area contributed by atoms with Crippen LogP contribution in [0.1, 0.15) is 12.8 Å². The molecule has 0 spiro atoms. The molecule has 3 heterocycles. The van der Waals surface area contributed by atoms with Crippen LogP contribution in [0.5, 0.6) is 0 Å². The summed E-state index contributed by atoms with van der Waals surface area (Å²) in [6.45, 7) is 4.79. The lowest BCUT2D eigenvalue weighted by molar-refractivity contribution is -0.121. The number of aromatic amines is 1. The van der Waals surface area contributed by atoms with E-state index in [-0.39, 0.29) is 17.7 Å². The summed E-state index contributed by atoms with van der Waals surface area (Å²) < 4.78 is 0.929. The standard InChI is InChI=1S/C18H19N5O2S/c1-11(24)23-9-7-13(8-10-23)17(25)20-18-19-16-15(26-18)14(21-22-16)12-5-3-2-4-6-12/h2-6,13,24H,1,7-10H2,(H2,19,20,21,22,25). The third-order valence-electron chi connectivity index (χ3n) is 4.63. The number of H-pyrrole nitrogens is 1. The smallest absolute Gasteiger partial charge is 0.229 e. The minimum absolute atomic E-state index is 0.0326. The number of rotatable bonds is 4. The van der Waals surface area contributed by atoms with E-state index in [4.69, 9.17) is 0 Å². The Balaban J connectivity index is 1.47. The number of aliphatic hydroxyl groups is 1. The summed E-state index contributed by atoms with van der Waals surface area (Å²) in [5, 5.41) is 20.2. The van der Waals surface area contributed by atoms with Crippen molar-refractivity contribution >= 4 is 32.7 Å². The van der Waals surface area contributed by atoms with E-state index in [1.54, 1.807) is 4.90 Å². The van der Waals surface area contributed by atoms with Gasteiger partial charge >= 0.3 is 0 Å². The Hall–Kier alpha value is -2.87. The number of likely N-dealkylation sites (tertiary alicyclic amines) is 1. The summed E-state index contributed by atoms with van der Waals surface area (Å²) in [7, 11) is 0. The average molecular weight is 369 g/mol. The van der Waals surface area contributed by atoms with Crippen LogP contribution in [0, 0.1) is 5.92 Å². The van der Waals surface area contributed by atoms with Gasteiger partial charge in [-0.3, -0.25) is 9.89 Å². The van der Waals surface area contributed by atoms with Crippen molar-refractivity contribution < 1.29 is 9.90 Å². The topological polar surface area (TPSA) is 94.1 Å². The van der Waals surface area contributed by atoms with Crippen molar-refractivity contribution in [2.75, 3.05) is 18.4 Å². The third kappa shape index (κ3) is 3.15. The molecule has 26 heavy (non-hydrogen) atoms. The van der Waals surface area contributed by atoms with Gasteiger partial charge in [-0.15, -0.1) is 0 Å². The molecule has 4 rings (SSSR count). The number of thiazole rings is 1. The van der Waals surface area contributed by atoms with E-state index >= 15 is 0 Å². The fourth-order valence-corrected chi connectivity index (χ4v) is 4.10. The normalized spacial score (nSPS) is 15.3. The number of hydrogen-bond acceptors (Lipinski definition) is 6. The molecular weight excluding hydrogens is 350 g/mol. The zero-order valence-electron chi connectivity index (χ0n) is 14.1. The van der Waals surface area contributed by atoms with Gasteiger partial charge in [0.15, 0.2) is 16.7 Å². The quantitative estimate of drug-likeness (QED) is 0.613. The summed E-state index contributed by atoms with van der Waals surface area (Å²) >= 11 is 1.42. The number of nitrogens with zero attached hydrogens (tertiary/aromatic N) is 3. The van der Waals surface area contributed by atoms with Crippen molar-refractivity contribution in [3.8, 4) is 11.3 Å². The van der Waals surface area contributed by atoms with Crippen molar-refractivity contribution in [3.63, 3.8) is 0 Å². The van der Waals surface area contributed by atoms with Crippen LogP contribution in [-0.2, 0) is 4.79 Å².